The van der Waals surface area contributed by atoms with Crippen LogP contribution in [0.25, 0.3) is 5.57 Å². The van der Waals surface area contributed by atoms with E-state index in [2.05, 4.69) is 5.16 Å². The van der Waals surface area contributed by atoms with E-state index in [1.54, 1.807) is 12.1 Å². The van der Waals surface area contributed by atoms with Gasteiger partial charge in [-0.05, 0) is 5.56 Å². The Labute approximate surface area is 160 Å². The molecular formula is C19H15Cl2NO4. The smallest absolute Gasteiger partial charge is 0.349 e. The molecule has 0 N–H and O–H groups in total. The summed E-state index contributed by atoms with van der Waals surface area (Å²) in [6.45, 7) is 0. The van der Waals surface area contributed by atoms with E-state index >= 15 is 0 Å². The first-order valence-corrected chi connectivity index (χ1v) is 8.63. The summed E-state index contributed by atoms with van der Waals surface area (Å²) in [6.07, 6.45) is 1.24. The van der Waals surface area contributed by atoms with Crippen molar-refractivity contribution in [1.82, 2.24) is 0 Å². The number of carbonyl (C=O) groups excluding carboxylic acids is 2. The Morgan fingerprint density at radius 1 is 0.846 bits per heavy atom. The van der Waals surface area contributed by atoms with Crippen LogP contribution in [-0.2, 0) is 19.2 Å². The molecule has 0 bridgehead atoms. The Morgan fingerprint density at radius 2 is 1.38 bits per heavy atom. The van der Waals surface area contributed by atoms with Gasteiger partial charge in [-0.2, -0.15) is 0 Å². The first-order chi connectivity index (χ1) is 12.7. The molecule has 0 aliphatic carbocycles. The molecule has 2 aromatic carbocycles. The number of hydrogen-bond acceptors (Lipinski definition) is 5. The van der Waals surface area contributed by atoms with Gasteiger partial charge in [-0.15, -0.1) is 23.2 Å². The summed E-state index contributed by atoms with van der Waals surface area (Å²) in [7, 11) is 0. The number of nitrogens with zero attached hydrogens (tertiary/aromatic N) is 1. The second kappa shape index (κ2) is 10.4. The normalized spacial score (nSPS) is 11.8. The van der Waals surface area contributed by atoms with Crippen molar-refractivity contribution in [3.05, 3.63) is 78.1 Å². The van der Waals surface area contributed by atoms with Gasteiger partial charge >= 0.3 is 11.9 Å². The second-order valence-corrected chi connectivity index (χ2v) is 5.46. The van der Waals surface area contributed by atoms with Crippen molar-refractivity contribution in [2.75, 3.05) is 11.8 Å². The number of hydrogen-bond donors (Lipinski definition) is 0. The van der Waals surface area contributed by atoms with Gasteiger partial charge in [0.25, 0.3) is 0 Å². The van der Waals surface area contributed by atoms with E-state index in [1.165, 1.54) is 6.26 Å². The van der Waals surface area contributed by atoms with Crippen molar-refractivity contribution in [2.24, 2.45) is 5.16 Å². The lowest BCUT2D eigenvalue weighted by Gasteiger charge is -2.11. The molecule has 2 aromatic rings. The van der Waals surface area contributed by atoms with Crippen LogP contribution in [0.1, 0.15) is 11.1 Å². The summed E-state index contributed by atoms with van der Waals surface area (Å²) in [4.78, 5) is 27.8. The minimum Gasteiger partial charge on any atom is -0.433 e. The monoisotopic (exact) mass is 391 g/mol. The minimum absolute atomic E-state index is 0.294. The van der Waals surface area contributed by atoms with Crippen LogP contribution >= 0.6 is 23.2 Å². The Balaban J connectivity index is 2.53. The lowest BCUT2D eigenvalue weighted by Crippen LogP contribution is -2.10. The van der Waals surface area contributed by atoms with E-state index < -0.39 is 11.9 Å². The Morgan fingerprint density at radius 3 is 1.92 bits per heavy atom. The third kappa shape index (κ3) is 5.72. The fourth-order valence-corrected chi connectivity index (χ4v) is 2.12. The molecule has 0 saturated heterocycles. The number of allylic oxidation sites excluding steroid dienone is 1. The molecule has 2 rings (SSSR count). The summed E-state index contributed by atoms with van der Waals surface area (Å²) < 4.78 is 5.06. The van der Waals surface area contributed by atoms with Gasteiger partial charge in [0.2, 0.25) is 0 Å². The largest absolute Gasteiger partial charge is 0.433 e. The van der Waals surface area contributed by atoms with E-state index in [0.29, 0.717) is 22.4 Å². The van der Waals surface area contributed by atoms with Gasteiger partial charge in [0.15, 0.2) is 0 Å². The van der Waals surface area contributed by atoms with Crippen molar-refractivity contribution < 1.29 is 19.2 Å². The molecule has 0 radical (unpaired) electrons. The van der Waals surface area contributed by atoms with Crippen LogP contribution in [0.4, 0.5) is 0 Å². The molecule has 0 spiro atoms. The number of esters is 1. The maximum Gasteiger partial charge on any atom is 0.349 e. The van der Waals surface area contributed by atoms with Gasteiger partial charge in [-0.3, -0.25) is 4.79 Å². The molecule has 0 unspecified atom stereocenters. The quantitative estimate of drug-likeness (QED) is 0.179. The van der Waals surface area contributed by atoms with E-state index in [9.17, 15) is 9.59 Å². The summed E-state index contributed by atoms with van der Waals surface area (Å²) in [6, 6.07) is 18.1. The molecule has 5 nitrogen and oxygen atoms in total. The van der Waals surface area contributed by atoms with Crippen LogP contribution in [0.3, 0.4) is 0 Å². The van der Waals surface area contributed by atoms with Crippen molar-refractivity contribution in [3.63, 3.8) is 0 Å². The third-order valence-corrected chi connectivity index (χ3v) is 3.59. The van der Waals surface area contributed by atoms with E-state index in [0.717, 1.165) is 0 Å². The number of benzene rings is 2. The standard InChI is InChI=1S/C19H15Cl2NO4/c20-11-17(23)25-13-16(14-7-3-1-4-8-14)19(22-26-18(24)12-21)15-9-5-2-6-10-15/h1-10,13H,11-12H2/b16-13-,22-19-. The van der Waals surface area contributed by atoms with Crippen molar-refractivity contribution >= 4 is 46.4 Å². The highest BCUT2D eigenvalue weighted by Gasteiger charge is 2.16. The first-order valence-electron chi connectivity index (χ1n) is 7.56. The third-order valence-electron chi connectivity index (χ3n) is 3.15. The summed E-state index contributed by atoms with van der Waals surface area (Å²) in [5.74, 6) is -1.95. The Bertz CT molecular complexity index is 735. The topological polar surface area (TPSA) is 65.0 Å². The highest BCUT2D eigenvalue weighted by Crippen LogP contribution is 2.21. The van der Waals surface area contributed by atoms with E-state index in [-0.39, 0.29) is 11.8 Å². The van der Waals surface area contributed by atoms with Gasteiger partial charge in [0.1, 0.15) is 23.7 Å². The molecule has 0 heterocycles. The zero-order chi connectivity index (χ0) is 18.8. The molecule has 0 amide bonds. The summed E-state index contributed by atoms with van der Waals surface area (Å²) in [5.41, 5.74) is 2.11. The van der Waals surface area contributed by atoms with Crippen molar-refractivity contribution in [2.45, 2.75) is 0 Å². The van der Waals surface area contributed by atoms with Gasteiger partial charge < -0.3 is 9.57 Å². The lowest BCUT2D eigenvalue weighted by atomic mass is 9.97. The van der Waals surface area contributed by atoms with Gasteiger partial charge in [-0.1, -0.05) is 65.8 Å². The lowest BCUT2D eigenvalue weighted by molar-refractivity contribution is -0.140. The zero-order valence-electron chi connectivity index (χ0n) is 13.6. The molecule has 7 heteroatoms. The van der Waals surface area contributed by atoms with Crippen LogP contribution in [-0.4, -0.2) is 29.4 Å². The van der Waals surface area contributed by atoms with Crippen LogP contribution in [0.15, 0.2) is 72.1 Å². The number of oxime groups is 1. The molecule has 0 atom stereocenters. The zero-order valence-corrected chi connectivity index (χ0v) is 15.1. The minimum atomic E-state index is -0.703. The van der Waals surface area contributed by atoms with E-state index in [1.807, 2.05) is 48.5 Å². The van der Waals surface area contributed by atoms with Gasteiger partial charge in [-0.25, -0.2) is 4.79 Å². The summed E-state index contributed by atoms with van der Waals surface area (Å²) >= 11 is 10.9. The highest BCUT2D eigenvalue weighted by molar-refractivity contribution is 6.32. The number of ether oxygens (including phenoxy) is 1. The molecule has 0 fully saturated rings. The van der Waals surface area contributed by atoms with Crippen LogP contribution < -0.4 is 0 Å². The number of carbonyl (C=O) groups is 2. The van der Waals surface area contributed by atoms with Gasteiger partial charge in [0.05, 0.1) is 0 Å². The second-order valence-electron chi connectivity index (χ2n) is 4.92. The molecule has 0 saturated carbocycles. The number of alkyl halides is 2. The molecular weight excluding hydrogens is 377 g/mol. The van der Waals surface area contributed by atoms with Crippen LogP contribution in [0.5, 0.6) is 0 Å². The predicted molar refractivity (Wildman–Crippen MR) is 101 cm³/mol. The molecule has 26 heavy (non-hydrogen) atoms. The maximum absolute atomic E-state index is 11.5. The first kappa shape index (κ1) is 19.7. The molecule has 0 aliphatic heterocycles. The molecule has 0 aromatic heterocycles. The molecule has 0 aliphatic rings. The average molecular weight is 392 g/mol. The Kier molecular flexibility index (Phi) is 7.86. The SMILES string of the molecule is O=C(CCl)O/C=C(\C(=N/OC(=O)CCl)c1ccccc1)c1ccccc1. The average Bonchev–Trinajstić information content (AvgIpc) is 2.71. The number of rotatable bonds is 7. The van der Waals surface area contributed by atoms with Crippen molar-refractivity contribution in [3.8, 4) is 0 Å². The van der Waals surface area contributed by atoms with E-state index in [4.69, 9.17) is 32.8 Å². The number of halogens is 2. The highest BCUT2D eigenvalue weighted by atomic mass is 35.5. The van der Waals surface area contributed by atoms with Gasteiger partial charge in [0, 0.05) is 11.1 Å². The van der Waals surface area contributed by atoms with Crippen LogP contribution in [0.2, 0.25) is 0 Å². The molecule has 134 valence electrons. The van der Waals surface area contributed by atoms with Crippen molar-refractivity contribution in [1.29, 1.82) is 0 Å². The maximum atomic E-state index is 11.5. The fourth-order valence-electron chi connectivity index (χ4n) is 2.01. The summed E-state index contributed by atoms with van der Waals surface area (Å²) in [5, 5.41) is 3.94. The fraction of sp³-hybridized carbons (Fsp3) is 0.105. The predicted octanol–water partition coefficient (Wildman–Crippen LogP) is 4.00. The van der Waals surface area contributed by atoms with Crippen LogP contribution in [0, 0.1) is 0 Å². The Hall–Kier alpha value is -2.63.